The number of aliphatic hydroxyl groups excluding tert-OH is 1. The fourth-order valence-electron chi connectivity index (χ4n) is 3.56. The molecule has 3 heterocycles. The average Bonchev–Trinajstić information content (AvgIpc) is 3.29. The first-order chi connectivity index (χ1) is 13.0. The lowest BCUT2D eigenvalue weighted by Gasteiger charge is -2.36. The van der Waals surface area contributed by atoms with Crippen molar-refractivity contribution in [2.75, 3.05) is 34.0 Å². The number of carbonyl (C=O) groups is 1. The molecule has 8 heteroatoms. The van der Waals surface area contributed by atoms with E-state index in [2.05, 4.69) is 4.98 Å². The van der Waals surface area contributed by atoms with Gasteiger partial charge < -0.3 is 24.4 Å². The Hall–Kier alpha value is -2.16. The molecule has 2 aromatic rings. The van der Waals surface area contributed by atoms with E-state index in [1.54, 1.807) is 10.3 Å². The van der Waals surface area contributed by atoms with Gasteiger partial charge in [-0.25, -0.2) is 4.98 Å². The van der Waals surface area contributed by atoms with Crippen LogP contribution in [0.4, 0.5) is 0 Å². The van der Waals surface area contributed by atoms with Crippen LogP contribution in [0.3, 0.4) is 0 Å². The second-order valence-corrected chi connectivity index (χ2v) is 8.13. The molecule has 7 nitrogen and oxygen atoms in total. The van der Waals surface area contributed by atoms with Crippen LogP contribution in [0.25, 0.3) is 0 Å². The summed E-state index contributed by atoms with van der Waals surface area (Å²) in [6, 6.07) is 5.78. The van der Waals surface area contributed by atoms with Gasteiger partial charge in [0.15, 0.2) is 11.5 Å². The molecular formula is C19H23N3O4S. The van der Waals surface area contributed by atoms with Crippen molar-refractivity contribution in [3.8, 4) is 11.5 Å². The van der Waals surface area contributed by atoms with Crippen LogP contribution >= 0.6 is 11.3 Å². The Labute approximate surface area is 162 Å². The zero-order valence-electron chi connectivity index (χ0n) is 15.4. The number of thiazole rings is 1. The molecule has 0 saturated carbocycles. The van der Waals surface area contributed by atoms with Crippen molar-refractivity contribution in [1.29, 1.82) is 0 Å². The number of amides is 1. The zero-order valence-corrected chi connectivity index (χ0v) is 16.2. The number of rotatable bonds is 4. The summed E-state index contributed by atoms with van der Waals surface area (Å²) in [5, 5.41) is 13.4. The maximum absolute atomic E-state index is 12.7. The van der Waals surface area contributed by atoms with Crippen LogP contribution in [0.5, 0.6) is 11.5 Å². The number of likely N-dealkylation sites (tertiary alicyclic amines) is 1. The van der Waals surface area contributed by atoms with Crippen molar-refractivity contribution in [2.45, 2.75) is 25.0 Å². The molecule has 144 valence electrons. The van der Waals surface area contributed by atoms with E-state index in [4.69, 9.17) is 9.47 Å². The van der Waals surface area contributed by atoms with E-state index in [0.29, 0.717) is 37.5 Å². The fraction of sp³-hybridized carbons (Fsp3) is 0.474. The minimum Gasteiger partial charge on any atom is -0.454 e. The molecule has 27 heavy (non-hydrogen) atoms. The first-order valence-electron chi connectivity index (χ1n) is 8.97. The van der Waals surface area contributed by atoms with Crippen LogP contribution in [0, 0.1) is 0 Å². The maximum atomic E-state index is 12.7. The molecule has 0 bridgehead atoms. The summed E-state index contributed by atoms with van der Waals surface area (Å²) < 4.78 is 10.8. The zero-order chi connectivity index (χ0) is 19.0. The maximum Gasteiger partial charge on any atom is 0.273 e. The van der Waals surface area contributed by atoms with Gasteiger partial charge in [-0.3, -0.25) is 4.79 Å². The minimum atomic E-state index is -0.622. The molecule has 2 aliphatic heterocycles. The average molecular weight is 389 g/mol. The Morgan fingerprint density at radius 3 is 2.96 bits per heavy atom. The van der Waals surface area contributed by atoms with Gasteiger partial charge in [0.05, 0.1) is 6.10 Å². The summed E-state index contributed by atoms with van der Waals surface area (Å²) in [6.45, 7) is 1.85. The van der Waals surface area contributed by atoms with Crippen LogP contribution in [0.15, 0.2) is 23.6 Å². The van der Waals surface area contributed by atoms with E-state index in [9.17, 15) is 9.90 Å². The molecule has 2 atom stereocenters. The second-order valence-electron chi connectivity index (χ2n) is 7.19. The summed E-state index contributed by atoms with van der Waals surface area (Å²) in [5.41, 5.74) is 1.48. The van der Waals surface area contributed by atoms with Crippen molar-refractivity contribution in [2.24, 2.45) is 0 Å². The number of aliphatic hydroxyl groups is 1. The smallest absolute Gasteiger partial charge is 0.273 e. The van der Waals surface area contributed by atoms with Crippen LogP contribution < -0.4 is 9.47 Å². The molecule has 1 amide bonds. The van der Waals surface area contributed by atoms with Crippen LogP contribution in [0.2, 0.25) is 0 Å². The van der Waals surface area contributed by atoms with Gasteiger partial charge in [0, 0.05) is 30.9 Å². The lowest BCUT2D eigenvalue weighted by Crippen LogP contribution is -2.45. The number of β-amino-alcohol motifs (C(OH)–C–C–N with tert-alkyl or cyclic N) is 1. The number of carbonyl (C=O) groups excluding carboxylic acids is 1. The molecule has 1 aromatic carbocycles. The Balaban J connectivity index is 1.42. The van der Waals surface area contributed by atoms with E-state index >= 15 is 0 Å². The number of nitrogens with zero attached hydrogens (tertiary/aromatic N) is 3. The van der Waals surface area contributed by atoms with Gasteiger partial charge in [0.1, 0.15) is 10.7 Å². The number of piperidine rings is 1. The highest BCUT2D eigenvalue weighted by atomic mass is 32.1. The highest BCUT2D eigenvalue weighted by molar-refractivity contribution is 7.09. The topological polar surface area (TPSA) is 75.1 Å². The van der Waals surface area contributed by atoms with Gasteiger partial charge >= 0.3 is 0 Å². The van der Waals surface area contributed by atoms with E-state index in [-0.39, 0.29) is 18.6 Å². The van der Waals surface area contributed by atoms with Gasteiger partial charge in [-0.05, 0) is 38.2 Å². The first-order valence-corrected chi connectivity index (χ1v) is 9.85. The van der Waals surface area contributed by atoms with Crippen molar-refractivity contribution in [1.82, 2.24) is 14.8 Å². The van der Waals surface area contributed by atoms with Gasteiger partial charge in [-0.2, -0.15) is 0 Å². The highest BCUT2D eigenvalue weighted by Gasteiger charge is 2.33. The molecular weight excluding hydrogens is 366 g/mol. The number of ether oxygens (including phenoxy) is 2. The lowest BCUT2D eigenvalue weighted by atomic mass is 9.87. The summed E-state index contributed by atoms with van der Waals surface area (Å²) >= 11 is 1.49. The molecule has 4 rings (SSSR count). The van der Waals surface area contributed by atoms with Crippen molar-refractivity contribution >= 4 is 17.2 Å². The van der Waals surface area contributed by atoms with Crippen LogP contribution in [-0.4, -0.2) is 65.9 Å². The normalized spacial score (nSPS) is 21.7. The lowest BCUT2D eigenvalue weighted by molar-refractivity contribution is 0.0378. The number of aromatic nitrogens is 1. The van der Waals surface area contributed by atoms with Gasteiger partial charge in [-0.1, -0.05) is 6.07 Å². The third kappa shape index (κ3) is 3.78. The molecule has 1 aromatic heterocycles. The SMILES string of the molecule is CN(C)Cc1nc(C(=O)N2CC[C@@H](c3ccc4c(c3)OCO4)[C@H](O)C2)cs1. The number of hydrogen-bond acceptors (Lipinski definition) is 7. The van der Waals surface area contributed by atoms with Crippen molar-refractivity contribution in [3.05, 3.63) is 39.8 Å². The van der Waals surface area contributed by atoms with Crippen LogP contribution in [0.1, 0.15) is 33.4 Å². The van der Waals surface area contributed by atoms with Gasteiger partial charge in [0.2, 0.25) is 6.79 Å². The van der Waals surface area contributed by atoms with Crippen molar-refractivity contribution < 1.29 is 19.4 Å². The Morgan fingerprint density at radius 2 is 2.19 bits per heavy atom. The quantitative estimate of drug-likeness (QED) is 0.861. The molecule has 0 radical (unpaired) electrons. The fourth-order valence-corrected chi connectivity index (χ4v) is 4.45. The molecule has 1 N–H and O–H groups in total. The monoisotopic (exact) mass is 389 g/mol. The van der Waals surface area contributed by atoms with E-state index in [1.165, 1.54) is 11.3 Å². The van der Waals surface area contributed by atoms with Crippen molar-refractivity contribution in [3.63, 3.8) is 0 Å². The predicted octanol–water partition coefficient (Wildman–Crippen LogP) is 1.92. The van der Waals surface area contributed by atoms with E-state index in [1.807, 2.05) is 37.2 Å². The standard InChI is InChI=1S/C19H23N3O4S/c1-21(2)9-18-20-14(10-27-18)19(24)22-6-5-13(15(23)8-22)12-3-4-16-17(7-12)26-11-25-16/h3-4,7,10,13,15,23H,5-6,8-9,11H2,1-2H3/t13-,15+/m0/s1. The van der Waals surface area contributed by atoms with E-state index < -0.39 is 6.10 Å². The summed E-state index contributed by atoms with van der Waals surface area (Å²) in [7, 11) is 3.94. The molecule has 0 aliphatic carbocycles. The molecule has 0 spiro atoms. The Bertz CT molecular complexity index is 838. The molecule has 1 saturated heterocycles. The minimum absolute atomic E-state index is 0.0247. The third-order valence-electron chi connectivity index (χ3n) is 4.92. The summed E-state index contributed by atoms with van der Waals surface area (Å²) in [5.74, 6) is 1.31. The van der Waals surface area contributed by atoms with E-state index in [0.717, 1.165) is 16.3 Å². The largest absolute Gasteiger partial charge is 0.454 e. The summed E-state index contributed by atoms with van der Waals surface area (Å²) in [6.07, 6.45) is 0.0734. The van der Waals surface area contributed by atoms with Gasteiger partial charge in [0.25, 0.3) is 5.91 Å². The van der Waals surface area contributed by atoms with Crippen LogP contribution in [-0.2, 0) is 6.54 Å². The van der Waals surface area contributed by atoms with Gasteiger partial charge in [-0.15, -0.1) is 11.3 Å². The number of benzene rings is 1. The highest BCUT2D eigenvalue weighted by Crippen LogP contribution is 2.37. The third-order valence-corrected chi connectivity index (χ3v) is 5.75. The summed E-state index contributed by atoms with van der Waals surface area (Å²) in [4.78, 5) is 20.9. The predicted molar refractivity (Wildman–Crippen MR) is 101 cm³/mol. The number of fused-ring (bicyclic) bond motifs is 1. The Morgan fingerprint density at radius 1 is 1.37 bits per heavy atom. The number of hydrogen-bond donors (Lipinski definition) is 1. The second kappa shape index (κ2) is 7.46. The molecule has 2 aliphatic rings. The first kappa shape index (κ1) is 18.2. The Kier molecular flexibility index (Phi) is 5.03. The molecule has 0 unspecified atom stereocenters. The molecule has 1 fully saturated rings.